The normalized spacial score (nSPS) is 12.0. The van der Waals surface area contributed by atoms with Gasteiger partial charge in [0.2, 0.25) is 0 Å². The summed E-state index contributed by atoms with van der Waals surface area (Å²) in [4.78, 5) is 0. The van der Waals surface area contributed by atoms with Crippen LogP contribution >= 0.6 is 0 Å². The van der Waals surface area contributed by atoms with Crippen molar-refractivity contribution in [1.29, 1.82) is 0 Å². The molecule has 1 rings (SSSR count). The van der Waals surface area contributed by atoms with Crippen molar-refractivity contribution >= 4 is 0 Å². The van der Waals surface area contributed by atoms with Gasteiger partial charge < -0.3 is 5.73 Å². The van der Waals surface area contributed by atoms with Gasteiger partial charge in [0.05, 0.1) is 0 Å². The summed E-state index contributed by atoms with van der Waals surface area (Å²) in [6.07, 6.45) is 2.85. The first kappa shape index (κ1) is 10.3. The second-order valence-electron chi connectivity index (χ2n) is 4.33. The third-order valence-corrected chi connectivity index (χ3v) is 2.06. The van der Waals surface area contributed by atoms with E-state index in [9.17, 15) is 0 Å². The van der Waals surface area contributed by atoms with Gasteiger partial charge in [-0.2, -0.15) is 5.10 Å². The van der Waals surface area contributed by atoms with E-state index in [1.807, 2.05) is 10.9 Å². The van der Waals surface area contributed by atoms with E-state index in [4.69, 9.17) is 5.73 Å². The number of hydrogen-bond acceptors (Lipinski definition) is 2. The Balaban J connectivity index is 2.77. The smallest absolute Gasteiger partial charge is 0.0492 e. The zero-order valence-electron chi connectivity index (χ0n) is 8.75. The van der Waals surface area contributed by atoms with Gasteiger partial charge in [-0.25, -0.2) is 0 Å². The average molecular weight is 181 g/mol. The number of aromatic nitrogens is 2. The van der Waals surface area contributed by atoms with Gasteiger partial charge in [0.15, 0.2) is 0 Å². The summed E-state index contributed by atoms with van der Waals surface area (Å²) in [5, 5.41) is 4.28. The molecular weight excluding hydrogens is 162 g/mol. The number of nitrogens with zero attached hydrogens (tertiary/aromatic N) is 2. The van der Waals surface area contributed by atoms with Crippen LogP contribution in [-0.2, 0) is 12.0 Å². The first-order chi connectivity index (χ1) is 6.05. The highest BCUT2D eigenvalue weighted by Gasteiger charge is 2.17. The summed E-state index contributed by atoms with van der Waals surface area (Å²) < 4.78 is 2.05. The number of nitrogens with two attached hydrogens (primary N) is 1. The van der Waals surface area contributed by atoms with Crippen molar-refractivity contribution in [2.75, 3.05) is 6.54 Å². The lowest BCUT2D eigenvalue weighted by Gasteiger charge is -2.20. The van der Waals surface area contributed by atoms with E-state index in [-0.39, 0.29) is 5.41 Å². The highest BCUT2D eigenvalue weighted by molar-refractivity contribution is 5.11. The molecule has 3 heteroatoms. The Kier molecular flexibility index (Phi) is 3.09. The van der Waals surface area contributed by atoms with E-state index in [1.54, 1.807) is 0 Å². The van der Waals surface area contributed by atoms with Crippen LogP contribution in [0.5, 0.6) is 0 Å². The maximum absolute atomic E-state index is 5.46. The Bertz CT molecular complexity index is 257. The maximum atomic E-state index is 5.46. The van der Waals surface area contributed by atoms with Crippen molar-refractivity contribution in [3.05, 3.63) is 18.0 Å². The van der Waals surface area contributed by atoms with Crippen molar-refractivity contribution in [1.82, 2.24) is 9.78 Å². The minimum Gasteiger partial charge on any atom is -0.330 e. The molecule has 1 heterocycles. The van der Waals surface area contributed by atoms with E-state index >= 15 is 0 Å². The summed E-state index contributed by atoms with van der Waals surface area (Å²) >= 11 is 0. The molecule has 0 aliphatic carbocycles. The quantitative estimate of drug-likeness (QED) is 0.768. The monoisotopic (exact) mass is 181 g/mol. The van der Waals surface area contributed by atoms with Gasteiger partial charge in [-0.05, 0) is 19.0 Å². The average Bonchev–Trinajstić information content (AvgIpc) is 2.47. The Hall–Kier alpha value is -0.830. The molecule has 0 amide bonds. The van der Waals surface area contributed by atoms with Gasteiger partial charge >= 0.3 is 0 Å². The molecule has 0 unspecified atom stereocenters. The van der Waals surface area contributed by atoms with Crippen LogP contribution in [0.15, 0.2) is 12.3 Å². The lowest BCUT2D eigenvalue weighted by molar-refractivity contribution is 0.477. The molecule has 0 radical (unpaired) electrons. The largest absolute Gasteiger partial charge is 0.330 e. The van der Waals surface area contributed by atoms with Gasteiger partial charge in [0.1, 0.15) is 0 Å². The molecule has 2 N–H and O–H groups in total. The molecule has 0 bridgehead atoms. The lowest BCUT2D eigenvalue weighted by Crippen LogP contribution is -2.19. The van der Waals surface area contributed by atoms with Gasteiger partial charge in [-0.15, -0.1) is 0 Å². The highest BCUT2D eigenvalue weighted by atomic mass is 15.3. The molecule has 0 aliphatic heterocycles. The summed E-state index contributed by atoms with van der Waals surface area (Å²) in [6, 6.07) is 2.08. The topological polar surface area (TPSA) is 43.8 Å². The van der Waals surface area contributed by atoms with E-state index < -0.39 is 0 Å². The highest BCUT2D eigenvalue weighted by Crippen LogP contribution is 2.21. The standard InChI is InChI=1S/C10H19N3/c1-10(2,3)9-5-7-12-13(9)8-4-6-11/h5,7H,4,6,8,11H2,1-3H3. The van der Waals surface area contributed by atoms with Crippen LogP contribution in [-0.4, -0.2) is 16.3 Å². The predicted octanol–water partition coefficient (Wildman–Crippen LogP) is 1.53. The third-order valence-electron chi connectivity index (χ3n) is 2.06. The molecule has 1 aromatic rings. The first-order valence-electron chi connectivity index (χ1n) is 4.78. The van der Waals surface area contributed by atoms with Crippen molar-refractivity contribution in [3.63, 3.8) is 0 Å². The predicted molar refractivity (Wildman–Crippen MR) is 54.6 cm³/mol. The second kappa shape index (κ2) is 3.92. The van der Waals surface area contributed by atoms with Crippen molar-refractivity contribution in [3.8, 4) is 0 Å². The van der Waals surface area contributed by atoms with Crippen LogP contribution in [0.2, 0.25) is 0 Å². The summed E-state index contributed by atoms with van der Waals surface area (Å²) in [7, 11) is 0. The van der Waals surface area contributed by atoms with Crippen LogP contribution in [0.1, 0.15) is 32.9 Å². The first-order valence-corrected chi connectivity index (χ1v) is 4.78. The zero-order valence-corrected chi connectivity index (χ0v) is 8.75. The minimum absolute atomic E-state index is 0.172. The molecule has 0 spiro atoms. The Morgan fingerprint density at radius 2 is 2.15 bits per heavy atom. The van der Waals surface area contributed by atoms with E-state index in [0.29, 0.717) is 0 Å². The van der Waals surface area contributed by atoms with Crippen LogP contribution in [0.4, 0.5) is 0 Å². The summed E-state index contributed by atoms with van der Waals surface area (Å²) in [6.45, 7) is 8.24. The summed E-state index contributed by atoms with van der Waals surface area (Å²) in [5.74, 6) is 0. The van der Waals surface area contributed by atoms with Crippen LogP contribution in [0.3, 0.4) is 0 Å². The molecule has 74 valence electrons. The minimum atomic E-state index is 0.172. The Morgan fingerprint density at radius 1 is 1.46 bits per heavy atom. The molecule has 0 aliphatic rings. The van der Waals surface area contributed by atoms with Crippen LogP contribution in [0.25, 0.3) is 0 Å². The maximum Gasteiger partial charge on any atom is 0.0492 e. The van der Waals surface area contributed by atoms with E-state index in [2.05, 4.69) is 31.9 Å². The molecule has 0 aromatic carbocycles. The van der Waals surface area contributed by atoms with Crippen LogP contribution < -0.4 is 5.73 Å². The molecule has 13 heavy (non-hydrogen) atoms. The van der Waals surface area contributed by atoms with Gasteiger partial charge in [-0.1, -0.05) is 20.8 Å². The number of aryl methyl sites for hydroxylation is 1. The molecule has 0 saturated heterocycles. The van der Waals surface area contributed by atoms with E-state index in [1.165, 1.54) is 5.69 Å². The molecule has 0 fully saturated rings. The fourth-order valence-corrected chi connectivity index (χ4v) is 1.39. The van der Waals surface area contributed by atoms with Crippen molar-refractivity contribution in [2.24, 2.45) is 5.73 Å². The Morgan fingerprint density at radius 3 is 2.69 bits per heavy atom. The Labute approximate surface area is 79.9 Å². The number of rotatable bonds is 3. The third kappa shape index (κ3) is 2.56. The van der Waals surface area contributed by atoms with Gasteiger partial charge in [0, 0.05) is 23.9 Å². The van der Waals surface area contributed by atoms with Gasteiger partial charge in [0.25, 0.3) is 0 Å². The second-order valence-corrected chi connectivity index (χ2v) is 4.33. The lowest BCUT2D eigenvalue weighted by atomic mass is 9.92. The van der Waals surface area contributed by atoms with Gasteiger partial charge in [-0.3, -0.25) is 4.68 Å². The fraction of sp³-hybridized carbons (Fsp3) is 0.700. The molecule has 0 saturated carbocycles. The van der Waals surface area contributed by atoms with Crippen molar-refractivity contribution in [2.45, 2.75) is 39.2 Å². The zero-order chi connectivity index (χ0) is 9.90. The van der Waals surface area contributed by atoms with Crippen molar-refractivity contribution < 1.29 is 0 Å². The molecular formula is C10H19N3. The van der Waals surface area contributed by atoms with Crippen LogP contribution in [0, 0.1) is 0 Å². The SMILES string of the molecule is CC(C)(C)c1ccnn1CCCN. The molecule has 1 aromatic heterocycles. The molecule has 3 nitrogen and oxygen atoms in total. The van der Waals surface area contributed by atoms with E-state index in [0.717, 1.165) is 19.5 Å². The fourth-order valence-electron chi connectivity index (χ4n) is 1.39. The molecule has 0 atom stereocenters. The number of hydrogen-bond donors (Lipinski definition) is 1. The summed E-state index contributed by atoms with van der Waals surface area (Å²) in [5.41, 5.74) is 6.91.